The number of thioether (sulfide) groups is 1. The first kappa shape index (κ1) is 8.35. The van der Waals surface area contributed by atoms with Crippen molar-refractivity contribution in [3.05, 3.63) is 0 Å². The van der Waals surface area contributed by atoms with Gasteiger partial charge >= 0.3 is 5.97 Å². The zero-order valence-electron chi connectivity index (χ0n) is 5.61. The molecular formula is C5H8N2O3S. The molecule has 0 aromatic rings. The first-order valence-corrected chi connectivity index (χ1v) is 3.97. The third-order valence-electron chi connectivity index (χ3n) is 1.25. The van der Waals surface area contributed by atoms with E-state index >= 15 is 0 Å². The smallest absolute Gasteiger partial charge is 0.305 e. The Balaban J connectivity index is 2.47. The van der Waals surface area contributed by atoms with E-state index in [0.717, 1.165) is 11.8 Å². The fourth-order valence-corrected chi connectivity index (χ4v) is 1.77. The van der Waals surface area contributed by atoms with Crippen LogP contribution >= 0.6 is 11.8 Å². The average Bonchev–Trinajstić information content (AvgIpc) is 2.09. The lowest BCUT2D eigenvalue weighted by atomic mass is 10.3. The minimum Gasteiger partial charge on any atom is -0.481 e. The van der Waals surface area contributed by atoms with Gasteiger partial charge in [0, 0.05) is 0 Å². The molecule has 1 heterocycles. The molecule has 62 valence electrons. The molecular weight excluding hydrogens is 168 g/mol. The molecule has 0 bridgehead atoms. The molecule has 0 aromatic heterocycles. The summed E-state index contributed by atoms with van der Waals surface area (Å²) >= 11 is 1.14. The van der Waals surface area contributed by atoms with Crippen molar-refractivity contribution in [1.29, 1.82) is 0 Å². The highest BCUT2D eigenvalue weighted by atomic mass is 32.2. The number of hydrogen-bond acceptors (Lipinski definition) is 4. The minimum absolute atomic E-state index is 0.162. The SMILES string of the molecule is NC1NC(=O)C(CC(=O)O)S1. The lowest BCUT2D eigenvalue weighted by molar-refractivity contribution is -0.138. The van der Waals surface area contributed by atoms with Gasteiger partial charge in [-0.2, -0.15) is 0 Å². The zero-order valence-corrected chi connectivity index (χ0v) is 6.43. The molecule has 0 aliphatic carbocycles. The van der Waals surface area contributed by atoms with Crippen LogP contribution in [-0.4, -0.2) is 27.7 Å². The van der Waals surface area contributed by atoms with Crippen LogP contribution in [0.3, 0.4) is 0 Å². The fraction of sp³-hybridized carbons (Fsp3) is 0.600. The van der Waals surface area contributed by atoms with E-state index in [4.69, 9.17) is 10.8 Å². The molecule has 1 rings (SSSR count). The molecule has 1 fully saturated rings. The molecule has 6 heteroatoms. The molecule has 2 unspecified atom stereocenters. The molecule has 1 aliphatic rings. The van der Waals surface area contributed by atoms with E-state index in [1.165, 1.54) is 0 Å². The Hall–Kier alpha value is -0.750. The second-order valence-corrected chi connectivity index (χ2v) is 3.50. The topological polar surface area (TPSA) is 92.4 Å². The van der Waals surface area contributed by atoms with Gasteiger partial charge in [0.15, 0.2) is 0 Å². The molecule has 4 N–H and O–H groups in total. The van der Waals surface area contributed by atoms with Crippen molar-refractivity contribution in [1.82, 2.24) is 5.32 Å². The van der Waals surface area contributed by atoms with Crippen molar-refractivity contribution in [2.75, 3.05) is 0 Å². The predicted molar refractivity (Wildman–Crippen MR) is 39.7 cm³/mol. The zero-order chi connectivity index (χ0) is 8.43. The number of carbonyl (C=O) groups is 2. The summed E-state index contributed by atoms with van der Waals surface area (Å²) in [5.41, 5.74) is 4.88. The number of nitrogens with two attached hydrogens (primary N) is 1. The van der Waals surface area contributed by atoms with Crippen molar-refractivity contribution in [3.63, 3.8) is 0 Å². The second-order valence-electron chi connectivity index (χ2n) is 2.15. The van der Waals surface area contributed by atoms with E-state index in [1.54, 1.807) is 0 Å². The van der Waals surface area contributed by atoms with E-state index in [2.05, 4.69) is 5.32 Å². The van der Waals surface area contributed by atoms with Crippen molar-refractivity contribution in [2.45, 2.75) is 17.2 Å². The van der Waals surface area contributed by atoms with Crippen LogP contribution in [0.1, 0.15) is 6.42 Å². The van der Waals surface area contributed by atoms with Crippen molar-refractivity contribution < 1.29 is 14.7 Å². The van der Waals surface area contributed by atoms with Gasteiger partial charge in [-0.1, -0.05) is 0 Å². The van der Waals surface area contributed by atoms with Gasteiger partial charge in [0.25, 0.3) is 0 Å². The Morgan fingerprint density at radius 1 is 1.82 bits per heavy atom. The van der Waals surface area contributed by atoms with E-state index in [-0.39, 0.29) is 12.3 Å². The predicted octanol–water partition coefficient (Wildman–Crippen LogP) is -1.06. The normalized spacial score (nSPS) is 30.1. The molecule has 0 radical (unpaired) electrons. The summed E-state index contributed by atoms with van der Waals surface area (Å²) in [5.74, 6) is -1.27. The summed E-state index contributed by atoms with van der Waals surface area (Å²) in [5, 5.41) is 10.2. The highest BCUT2D eigenvalue weighted by Gasteiger charge is 2.31. The highest BCUT2D eigenvalue weighted by molar-refractivity contribution is 8.01. The van der Waals surface area contributed by atoms with Crippen molar-refractivity contribution >= 4 is 23.6 Å². The Bertz CT molecular complexity index is 196. The second kappa shape index (κ2) is 3.10. The van der Waals surface area contributed by atoms with Gasteiger partial charge in [0.1, 0.15) is 5.50 Å². The standard InChI is InChI=1S/C5H8N2O3S/c6-5-7-4(10)2(11-5)1-3(8)9/h2,5H,1,6H2,(H,7,10)(H,8,9). The van der Waals surface area contributed by atoms with Crippen LogP contribution in [0.15, 0.2) is 0 Å². The monoisotopic (exact) mass is 176 g/mol. The summed E-state index contributed by atoms with van der Waals surface area (Å²) in [4.78, 5) is 21.0. The fourth-order valence-electron chi connectivity index (χ4n) is 0.805. The molecule has 1 amide bonds. The van der Waals surface area contributed by atoms with Crippen LogP contribution in [0.25, 0.3) is 0 Å². The number of carbonyl (C=O) groups excluding carboxylic acids is 1. The van der Waals surface area contributed by atoms with Crippen LogP contribution in [0, 0.1) is 0 Å². The molecule has 0 aromatic carbocycles. The number of rotatable bonds is 2. The Morgan fingerprint density at radius 3 is 2.82 bits per heavy atom. The summed E-state index contributed by atoms with van der Waals surface area (Å²) in [6, 6.07) is 0. The van der Waals surface area contributed by atoms with Gasteiger partial charge in [-0.25, -0.2) is 0 Å². The molecule has 1 saturated heterocycles. The molecule has 5 nitrogen and oxygen atoms in total. The lowest BCUT2D eigenvalue weighted by Crippen LogP contribution is -2.33. The third kappa shape index (κ3) is 2.09. The van der Waals surface area contributed by atoms with Gasteiger partial charge < -0.3 is 16.2 Å². The van der Waals surface area contributed by atoms with Crippen molar-refractivity contribution in [2.24, 2.45) is 5.73 Å². The van der Waals surface area contributed by atoms with Gasteiger partial charge in [0.05, 0.1) is 11.7 Å². The molecule has 0 saturated carbocycles. The minimum atomic E-state index is -0.980. The van der Waals surface area contributed by atoms with Gasteiger partial charge in [-0.3, -0.25) is 9.59 Å². The first-order valence-electron chi connectivity index (χ1n) is 3.03. The lowest BCUT2D eigenvalue weighted by Gasteiger charge is -1.99. The van der Waals surface area contributed by atoms with Crippen molar-refractivity contribution in [3.8, 4) is 0 Å². The van der Waals surface area contributed by atoms with E-state index in [0.29, 0.717) is 0 Å². The maximum atomic E-state index is 10.8. The number of amides is 1. The number of carboxylic acid groups (broad SMARTS) is 1. The summed E-state index contributed by atoms with van der Waals surface area (Å²) < 4.78 is 0. The largest absolute Gasteiger partial charge is 0.481 e. The van der Waals surface area contributed by atoms with Crippen LogP contribution in [-0.2, 0) is 9.59 Å². The Morgan fingerprint density at radius 2 is 2.45 bits per heavy atom. The molecule has 2 atom stereocenters. The number of hydrogen-bond donors (Lipinski definition) is 3. The van der Waals surface area contributed by atoms with Gasteiger partial charge in [-0.05, 0) is 0 Å². The van der Waals surface area contributed by atoms with E-state index < -0.39 is 16.7 Å². The van der Waals surface area contributed by atoms with Crippen LogP contribution in [0.2, 0.25) is 0 Å². The first-order chi connectivity index (χ1) is 5.09. The number of aliphatic carboxylic acids is 1. The van der Waals surface area contributed by atoms with Crippen LogP contribution < -0.4 is 11.1 Å². The van der Waals surface area contributed by atoms with E-state index in [1.807, 2.05) is 0 Å². The highest BCUT2D eigenvalue weighted by Crippen LogP contribution is 2.22. The summed E-state index contributed by atoms with van der Waals surface area (Å²) in [6.45, 7) is 0. The van der Waals surface area contributed by atoms with Crippen LogP contribution in [0.5, 0.6) is 0 Å². The maximum absolute atomic E-state index is 10.8. The third-order valence-corrected chi connectivity index (χ3v) is 2.37. The Labute approximate surface area is 67.3 Å². The summed E-state index contributed by atoms with van der Waals surface area (Å²) in [6.07, 6.45) is -0.162. The molecule has 0 spiro atoms. The quantitative estimate of drug-likeness (QED) is 0.498. The van der Waals surface area contributed by atoms with Gasteiger partial charge in [-0.15, -0.1) is 11.8 Å². The number of carboxylic acids is 1. The number of nitrogens with one attached hydrogen (secondary N) is 1. The van der Waals surface area contributed by atoms with Crippen LogP contribution in [0.4, 0.5) is 0 Å². The van der Waals surface area contributed by atoms with E-state index in [9.17, 15) is 9.59 Å². The summed E-state index contributed by atoms with van der Waals surface area (Å²) in [7, 11) is 0. The Kier molecular flexibility index (Phi) is 2.35. The molecule has 11 heavy (non-hydrogen) atoms. The maximum Gasteiger partial charge on any atom is 0.305 e. The van der Waals surface area contributed by atoms with Gasteiger partial charge in [0.2, 0.25) is 5.91 Å². The molecule has 1 aliphatic heterocycles. The average molecular weight is 176 g/mol.